The first-order valence-corrected chi connectivity index (χ1v) is 6.82. The van der Waals surface area contributed by atoms with Crippen LogP contribution in [-0.4, -0.2) is 11.1 Å². The quantitative estimate of drug-likeness (QED) is 0.876. The van der Waals surface area contributed by atoms with E-state index >= 15 is 0 Å². The molecule has 98 valence electrons. The molecule has 1 aromatic carbocycles. The lowest BCUT2D eigenvalue weighted by molar-refractivity contribution is -0.137. The average molecular weight is 246 g/mol. The lowest BCUT2D eigenvalue weighted by Gasteiger charge is -2.29. The maximum Gasteiger partial charge on any atom is 0.303 e. The second-order valence-corrected chi connectivity index (χ2v) is 5.95. The second-order valence-electron chi connectivity index (χ2n) is 5.95. The molecule has 0 aliphatic heterocycles. The van der Waals surface area contributed by atoms with Crippen molar-refractivity contribution >= 4 is 5.97 Å². The Morgan fingerprint density at radius 2 is 2.17 bits per heavy atom. The molecule has 18 heavy (non-hydrogen) atoms. The Morgan fingerprint density at radius 1 is 1.44 bits per heavy atom. The first-order chi connectivity index (χ1) is 8.47. The molecule has 2 heteroatoms. The summed E-state index contributed by atoms with van der Waals surface area (Å²) in [6, 6.07) is 6.63. The van der Waals surface area contributed by atoms with Gasteiger partial charge in [0.15, 0.2) is 0 Å². The molecule has 2 nitrogen and oxygen atoms in total. The number of hydrogen-bond donors (Lipinski definition) is 1. The van der Waals surface area contributed by atoms with Gasteiger partial charge in [-0.25, -0.2) is 0 Å². The molecule has 1 aliphatic rings. The molecule has 0 fully saturated rings. The van der Waals surface area contributed by atoms with Crippen LogP contribution in [0.5, 0.6) is 0 Å². The van der Waals surface area contributed by atoms with Crippen LogP contribution in [0.15, 0.2) is 18.2 Å². The van der Waals surface area contributed by atoms with Crippen LogP contribution in [0, 0.1) is 5.92 Å². The lowest BCUT2D eigenvalue weighted by Crippen LogP contribution is -2.19. The summed E-state index contributed by atoms with van der Waals surface area (Å²) in [6.07, 6.45) is 2.35. The fourth-order valence-corrected chi connectivity index (χ4v) is 3.01. The number of fused-ring (bicyclic) bond motifs is 1. The Hall–Kier alpha value is -1.31. The van der Waals surface area contributed by atoms with Crippen molar-refractivity contribution in [2.45, 2.75) is 51.9 Å². The van der Waals surface area contributed by atoms with Crippen LogP contribution in [0.4, 0.5) is 0 Å². The molecule has 0 heterocycles. The lowest BCUT2D eigenvalue weighted by atomic mass is 9.75. The molecule has 0 saturated carbocycles. The highest BCUT2D eigenvalue weighted by Gasteiger charge is 2.26. The van der Waals surface area contributed by atoms with E-state index in [2.05, 4.69) is 39.0 Å². The molecule has 1 aliphatic carbocycles. The third-order valence-electron chi connectivity index (χ3n) is 3.95. The summed E-state index contributed by atoms with van der Waals surface area (Å²) in [5.74, 6) is 0.599. The van der Waals surface area contributed by atoms with Crippen LogP contribution < -0.4 is 0 Å². The van der Waals surface area contributed by atoms with Crippen LogP contribution >= 0.6 is 0 Å². The van der Waals surface area contributed by atoms with Crippen LogP contribution in [0.25, 0.3) is 0 Å². The summed E-state index contributed by atoms with van der Waals surface area (Å²) >= 11 is 0. The smallest absolute Gasteiger partial charge is 0.303 e. The summed E-state index contributed by atoms with van der Waals surface area (Å²) < 4.78 is 0. The number of aliphatic carboxylic acids is 1. The van der Waals surface area contributed by atoms with Crippen molar-refractivity contribution in [1.29, 1.82) is 0 Å². The van der Waals surface area contributed by atoms with Gasteiger partial charge in [0.25, 0.3) is 0 Å². The zero-order valence-electron chi connectivity index (χ0n) is 11.4. The monoisotopic (exact) mass is 246 g/mol. The minimum absolute atomic E-state index is 0.194. The second kappa shape index (κ2) is 5.13. The predicted octanol–water partition coefficient (Wildman–Crippen LogP) is 3.95. The van der Waals surface area contributed by atoms with E-state index in [9.17, 15) is 4.79 Å². The number of carbonyl (C=O) groups is 1. The summed E-state index contributed by atoms with van der Waals surface area (Å²) in [4.78, 5) is 11.0. The van der Waals surface area contributed by atoms with Crippen LogP contribution in [0.2, 0.25) is 0 Å². The summed E-state index contributed by atoms with van der Waals surface area (Å²) in [5, 5.41) is 9.06. The molecular formula is C16H22O2. The molecule has 0 radical (unpaired) electrons. The number of rotatable bonds is 3. The predicted molar refractivity (Wildman–Crippen MR) is 73.0 cm³/mol. The van der Waals surface area contributed by atoms with Gasteiger partial charge in [0.1, 0.15) is 0 Å². The zero-order valence-corrected chi connectivity index (χ0v) is 11.4. The van der Waals surface area contributed by atoms with E-state index < -0.39 is 5.97 Å². The normalized spacial score (nSPS) is 22.9. The molecule has 2 rings (SSSR count). The van der Waals surface area contributed by atoms with Crippen LogP contribution in [0.3, 0.4) is 0 Å². The molecule has 1 N–H and O–H groups in total. The van der Waals surface area contributed by atoms with E-state index in [1.165, 1.54) is 16.7 Å². The third kappa shape index (κ3) is 2.74. The summed E-state index contributed by atoms with van der Waals surface area (Å²) in [6.45, 7) is 6.58. The highest BCUT2D eigenvalue weighted by Crippen LogP contribution is 2.38. The largest absolute Gasteiger partial charge is 0.481 e. The van der Waals surface area contributed by atoms with E-state index in [1.807, 2.05) is 0 Å². The van der Waals surface area contributed by atoms with Gasteiger partial charge in [-0.15, -0.1) is 0 Å². The first-order valence-electron chi connectivity index (χ1n) is 6.82. The van der Waals surface area contributed by atoms with E-state index in [0.717, 1.165) is 12.8 Å². The fraction of sp³-hybridized carbons (Fsp3) is 0.562. The fourth-order valence-electron chi connectivity index (χ4n) is 3.01. The van der Waals surface area contributed by atoms with Gasteiger partial charge < -0.3 is 5.11 Å². The molecule has 0 bridgehead atoms. The van der Waals surface area contributed by atoms with Crippen molar-refractivity contribution in [3.05, 3.63) is 34.9 Å². The van der Waals surface area contributed by atoms with E-state index in [0.29, 0.717) is 11.8 Å². The Kier molecular flexibility index (Phi) is 3.74. The van der Waals surface area contributed by atoms with Crippen molar-refractivity contribution < 1.29 is 9.90 Å². The molecule has 2 unspecified atom stereocenters. The molecule has 2 atom stereocenters. The SMILES string of the molecule is CC1Cc2ccc(C(C)C)cc2C(CC(=O)O)C1. The minimum Gasteiger partial charge on any atom is -0.481 e. The van der Waals surface area contributed by atoms with Crippen LogP contribution in [-0.2, 0) is 11.2 Å². The highest BCUT2D eigenvalue weighted by atomic mass is 16.4. The Bertz CT molecular complexity index is 448. The zero-order chi connectivity index (χ0) is 13.3. The molecule has 0 spiro atoms. The minimum atomic E-state index is -0.685. The van der Waals surface area contributed by atoms with Gasteiger partial charge in [0, 0.05) is 0 Å². The van der Waals surface area contributed by atoms with Gasteiger partial charge in [-0.1, -0.05) is 39.0 Å². The summed E-state index contributed by atoms with van der Waals surface area (Å²) in [7, 11) is 0. The standard InChI is InChI=1S/C16H22O2/c1-10(2)12-4-5-13-6-11(3)7-14(9-16(17)18)15(13)8-12/h4-5,8,10-11,14H,6-7,9H2,1-3H3,(H,17,18). The average Bonchev–Trinajstić information content (AvgIpc) is 2.27. The van der Waals surface area contributed by atoms with Gasteiger partial charge >= 0.3 is 5.97 Å². The van der Waals surface area contributed by atoms with Crippen molar-refractivity contribution in [1.82, 2.24) is 0 Å². The molecule has 0 aromatic heterocycles. The van der Waals surface area contributed by atoms with Crippen molar-refractivity contribution in [2.24, 2.45) is 5.92 Å². The van der Waals surface area contributed by atoms with Crippen LogP contribution in [0.1, 0.15) is 62.1 Å². The Balaban J connectivity index is 2.37. The molecule has 0 amide bonds. The van der Waals surface area contributed by atoms with Crippen molar-refractivity contribution in [2.75, 3.05) is 0 Å². The van der Waals surface area contributed by atoms with Crippen molar-refractivity contribution in [3.8, 4) is 0 Å². The first kappa shape index (κ1) is 13.1. The van der Waals surface area contributed by atoms with E-state index in [-0.39, 0.29) is 12.3 Å². The molecule has 0 saturated heterocycles. The maximum atomic E-state index is 11.0. The molecule has 1 aromatic rings. The van der Waals surface area contributed by atoms with Gasteiger partial charge in [0.2, 0.25) is 0 Å². The summed E-state index contributed by atoms with van der Waals surface area (Å²) in [5.41, 5.74) is 3.95. The van der Waals surface area contributed by atoms with Gasteiger partial charge in [0.05, 0.1) is 6.42 Å². The Labute approximate surface area is 109 Å². The number of carboxylic acids is 1. The number of benzene rings is 1. The Morgan fingerprint density at radius 3 is 2.78 bits per heavy atom. The van der Waals surface area contributed by atoms with E-state index in [1.54, 1.807) is 0 Å². The highest BCUT2D eigenvalue weighted by molar-refractivity contribution is 5.68. The van der Waals surface area contributed by atoms with Gasteiger partial charge in [-0.3, -0.25) is 4.79 Å². The maximum absolute atomic E-state index is 11.0. The topological polar surface area (TPSA) is 37.3 Å². The third-order valence-corrected chi connectivity index (χ3v) is 3.95. The van der Waals surface area contributed by atoms with Gasteiger partial charge in [-0.05, 0) is 47.3 Å². The number of carboxylic acid groups (broad SMARTS) is 1. The number of hydrogen-bond acceptors (Lipinski definition) is 1. The van der Waals surface area contributed by atoms with E-state index in [4.69, 9.17) is 5.11 Å². The molecular weight excluding hydrogens is 224 g/mol. The van der Waals surface area contributed by atoms with Gasteiger partial charge in [-0.2, -0.15) is 0 Å². The van der Waals surface area contributed by atoms with Crippen molar-refractivity contribution in [3.63, 3.8) is 0 Å².